The van der Waals surface area contributed by atoms with Crippen molar-refractivity contribution in [2.45, 2.75) is 51.7 Å². The summed E-state index contributed by atoms with van der Waals surface area (Å²) in [4.78, 5) is 25.2. The van der Waals surface area contributed by atoms with Crippen LogP contribution in [0, 0.1) is 11.3 Å². The number of hydrogen-bond acceptors (Lipinski definition) is 3. The Balaban J connectivity index is 2.04. The predicted molar refractivity (Wildman–Crippen MR) is 69.7 cm³/mol. The molecule has 4 atom stereocenters. The Labute approximate surface area is 113 Å². The maximum Gasteiger partial charge on any atom is 0.305 e. The van der Waals surface area contributed by atoms with Gasteiger partial charge in [0.2, 0.25) is 5.91 Å². The van der Waals surface area contributed by atoms with Gasteiger partial charge in [0.15, 0.2) is 0 Å². The van der Waals surface area contributed by atoms with Crippen molar-refractivity contribution in [3.8, 4) is 0 Å². The standard InChI is InChI=1S/C14H23NO4/c1-4-14(2)7-11(14)13(18)15-8-10(19-3)5-9(15)6-12(16)17/h9-11H,4-8H2,1-3H3,(H,16,17). The summed E-state index contributed by atoms with van der Waals surface area (Å²) < 4.78 is 5.29. The van der Waals surface area contributed by atoms with Gasteiger partial charge in [0.05, 0.1) is 12.5 Å². The molecule has 4 unspecified atom stereocenters. The Morgan fingerprint density at radius 1 is 1.47 bits per heavy atom. The van der Waals surface area contributed by atoms with E-state index in [-0.39, 0.29) is 35.8 Å². The Hall–Kier alpha value is -1.10. The largest absolute Gasteiger partial charge is 0.481 e. The zero-order valence-corrected chi connectivity index (χ0v) is 11.9. The monoisotopic (exact) mass is 269 g/mol. The number of likely N-dealkylation sites (tertiary alicyclic amines) is 1. The lowest BCUT2D eigenvalue weighted by atomic mass is 10.0. The predicted octanol–water partition coefficient (Wildman–Crippen LogP) is 1.51. The molecular weight excluding hydrogens is 246 g/mol. The van der Waals surface area contributed by atoms with Gasteiger partial charge < -0.3 is 14.7 Å². The van der Waals surface area contributed by atoms with Crippen molar-refractivity contribution >= 4 is 11.9 Å². The second kappa shape index (κ2) is 5.12. The molecule has 1 amide bonds. The Kier molecular flexibility index (Phi) is 3.85. The van der Waals surface area contributed by atoms with Gasteiger partial charge >= 0.3 is 5.97 Å². The van der Waals surface area contributed by atoms with Gasteiger partial charge in [-0.2, -0.15) is 0 Å². The molecule has 2 aliphatic rings. The number of carboxylic acid groups (broad SMARTS) is 1. The average molecular weight is 269 g/mol. The number of aliphatic carboxylic acids is 1. The number of amides is 1. The second-order valence-electron chi connectivity index (χ2n) is 6.10. The molecule has 0 spiro atoms. The van der Waals surface area contributed by atoms with Gasteiger partial charge in [-0.3, -0.25) is 9.59 Å². The third-order valence-electron chi connectivity index (χ3n) is 4.86. The van der Waals surface area contributed by atoms with Gasteiger partial charge in [-0.05, 0) is 24.7 Å². The molecule has 0 radical (unpaired) electrons. The van der Waals surface area contributed by atoms with E-state index < -0.39 is 5.97 Å². The van der Waals surface area contributed by atoms with Gasteiger partial charge in [0.1, 0.15) is 0 Å². The molecule has 0 bridgehead atoms. The molecule has 2 fully saturated rings. The van der Waals surface area contributed by atoms with Crippen molar-refractivity contribution in [2.24, 2.45) is 11.3 Å². The third-order valence-corrected chi connectivity index (χ3v) is 4.86. The molecule has 0 aromatic heterocycles. The summed E-state index contributed by atoms with van der Waals surface area (Å²) in [6.45, 7) is 4.76. The molecule has 1 saturated carbocycles. The van der Waals surface area contributed by atoms with Crippen molar-refractivity contribution in [1.82, 2.24) is 4.90 Å². The SMILES string of the molecule is CCC1(C)CC1C(=O)N1CC(OC)CC1CC(=O)O. The highest BCUT2D eigenvalue weighted by atomic mass is 16.5. The molecule has 1 saturated heterocycles. The lowest BCUT2D eigenvalue weighted by Gasteiger charge is -2.24. The summed E-state index contributed by atoms with van der Waals surface area (Å²) in [6.07, 6.45) is 2.54. The number of ether oxygens (including phenoxy) is 1. The van der Waals surface area contributed by atoms with Crippen LogP contribution in [0.1, 0.15) is 39.5 Å². The van der Waals surface area contributed by atoms with E-state index in [4.69, 9.17) is 9.84 Å². The van der Waals surface area contributed by atoms with Crippen molar-refractivity contribution in [3.63, 3.8) is 0 Å². The molecule has 1 aliphatic carbocycles. The molecule has 1 heterocycles. The first-order valence-corrected chi connectivity index (χ1v) is 6.96. The highest BCUT2D eigenvalue weighted by Crippen LogP contribution is 2.55. The number of rotatable bonds is 5. The minimum atomic E-state index is -0.853. The van der Waals surface area contributed by atoms with Crippen LogP contribution in [-0.4, -0.2) is 47.7 Å². The van der Waals surface area contributed by atoms with Gasteiger partial charge in [0.25, 0.3) is 0 Å². The Morgan fingerprint density at radius 3 is 2.63 bits per heavy atom. The first-order chi connectivity index (χ1) is 8.91. The number of methoxy groups -OCH3 is 1. The summed E-state index contributed by atoms with van der Waals surface area (Å²) in [7, 11) is 1.61. The fraction of sp³-hybridized carbons (Fsp3) is 0.857. The molecule has 19 heavy (non-hydrogen) atoms. The fourth-order valence-corrected chi connectivity index (χ4v) is 3.09. The highest BCUT2D eigenvalue weighted by Gasteiger charge is 2.55. The molecule has 0 aromatic carbocycles. The van der Waals surface area contributed by atoms with Crippen LogP contribution in [0.5, 0.6) is 0 Å². The van der Waals surface area contributed by atoms with Crippen LogP contribution in [-0.2, 0) is 14.3 Å². The molecule has 5 heteroatoms. The van der Waals surface area contributed by atoms with E-state index in [1.165, 1.54) is 0 Å². The maximum absolute atomic E-state index is 12.5. The lowest BCUT2D eigenvalue weighted by molar-refractivity contribution is -0.140. The molecule has 1 aliphatic heterocycles. The highest BCUT2D eigenvalue weighted by molar-refractivity contribution is 5.84. The van der Waals surface area contributed by atoms with E-state index in [9.17, 15) is 9.59 Å². The van der Waals surface area contributed by atoms with Gasteiger partial charge in [-0.15, -0.1) is 0 Å². The van der Waals surface area contributed by atoms with E-state index in [2.05, 4.69) is 13.8 Å². The quantitative estimate of drug-likeness (QED) is 0.821. The zero-order valence-electron chi connectivity index (χ0n) is 11.9. The molecule has 2 rings (SSSR count). The van der Waals surface area contributed by atoms with Gasteiger partial charge in [-0.1, -0.05) is 13.8 Å². The minimum absolute atomic E-state index is 0.0150. The Morgan fingerprint density at radius 2 is 2.16 bits per heavy atom. The van der Waals surface area contributed by atoms with E-state index in [0.717, 1.165) is 12.8 Å². The van der Waals surface area contributed by atoms with E-state index >= 15 is 0 Å². The van der Waals surface area contributed by atoms with Crippen molar-refractivity contribution in [3.05, 3.63) is 0 Å². The topological polar surface area (TPSA) is 66.8 Å². The van der Waals surface area contributed by atoms with Crippen LogP contribution in [0.4, 0.5) is 0 Å². The maximum atomic E-state index is 12.5. The van der Waals surface area contributed by atoms with Gasteiger partial charge in [0, 0.05) is 25.6 Å². The van der Waals surface area contributed by atoms with Crippen LogP contribution in [0.3, 0.4) is 0 Å². The smallest absolute Gasteiger partial charge is 0.305 e. The van der Waals surface area contributed by atoms with E-state index in [1.54, 1.807) is 12.0 Å². The van der Waals surface area contributed by atoms with Crippen LogP contribution in [0.25, 0.3) is 0 Å². The number of nitrogens with zero attached hydrogens (tertiary/aromatic N) is 1. The summed E-state index contributed by atoms with van der Waals surface area (Å²) in [5, 5.41) is 8.96. The number of hydrogen-bond donors (Lipinski definition) is 1. The molecule has 1 N–H and O–H groups in total. The van der Waals surface area contributed by atoms with E-state index in [0.29, 0.717) is 13.0 Å². The molecule has 5 nitrogen and oxygen atoms in total. The van der Waals surface area contributed by atoms with Crippen molar-refractivity contribution in [2.75, 3.05) is 13.7 Å². The van der Waals surface area contributed by atoms with E-state index in [1.807, 2.05) is 0 Å². The Bertz CT molecular complexity index is 384. The third kappa shape index (κ3) is 2.76. The zero-order chi connectivity index (χ0) is 14.2. The van der Waals surface area contributed by atoms with Crippen LogP contribution >= 0.6 is 0 Å². The second-order valence-corrected chi connectivity index (χ2v) is 6.10. The van der Waals surface area contributed by atoms with Crippen LogP contribution in [0.2, 0.25) is 0 Å². The summed E-state index contributed by atoms with van der Waals surface area (Å²) in [5.41, 5.74) is 0.121. The summed E-state index contributed by atoms with van der Waals surface area (Å²) >= 11 is 0. The fourth-order valence-electron chi connectivity index (χ4n) is 3.09. The lowest BCUT2D eigenvalue weighted by Crippen LogP contribution is -2.39. The normalized spacial score (nSPS) is 37.4. The first kappa shape index (κ1) is 14.3. The van der Waals surface area contributed by atoms with Gasteiger partial charge in [-0.25, -0.2) is 0 Å². The van der Waals surface area contributed by atoms with Crippen molar-refractivity contribution < 1.29 is 19.4 Å². The molecular formula is C14H23NO4. The first-order valence-electron chi connectivity index (χ1n) is 6.96. The summed E-state index contributed by atoms with van der Waals surface area (Å²) in [5.74, 6) is -0.659. The number of carbonyl (C=O) groups is 2. The number of carboxylic acids is 1. The van der Waals surface area contributed by atoms with Crippen molar-refractivity contribution in [1.29, 1.82) is 0 Å². The summed E-state index contributed by atoms with van der Waals surface area (Å²) in [6, 6.07) is -0.211. The molecule has 0 aromatic rings. The van der Waals surface area contributed by atoms with Crippen LogP contribution < -0.4 is 0 Å². The van der Waals surface area contributed by atoms with Crippen LogP contribution in [0.15, 0.2) is 0 Å². The number of carbonyl (C=O) groups excluding carboxylic acids is 1. The average Bonchev–Trinajstić information content (AvgIpc) is 2.89. The molecule has 108 valence electrons. The minimum Gasteiger partial charge on any atom is -0.481 e.